The number of hydrogen-bond acceptors (Lipinski definition) is 2. The fourth-order valence-corrected chi connectivity index (χ4v) is 2.93. The van der Waals surface area contributed by atoms with E-state index in [1.54, 1.807) is 18.2 Å². The van der Waals surface area contributed by atoms with Crippen LogP contribution < -0.4 is 0 Å². The zero-order valence-electron chi connectivity index (χ0n) is 11.5. The van der Waals surface area contributed by atoms with Gasteiger partial charge in [-0.3, -0.25) is 9.69 Å². The average molecular weight is 320 g/mol. The van der Waals surface area contributed by atoms with E-state index in [2.05, 4.69) is 11.0 Å². The molecule has 2 nitrogen and oxygen atoms in total. The van der Waals surface area contributed by atoms with Crippen LogP contribution in [-0.2, 0) is 6.54 Å². The largest absolute Gasteiger partial charge is 0.299 e. The number of halogens is 2. The molecule has 1 saturated heterocycles. The third-order valence-electron chi connectivity index (χ3n) is 3.72. The second kappa shape index (κ2) is 6.18. The van der Waals surface area contributed by atoms with Gasteiger partial charge in [0.15, 0.2) is 5.78 Å². The molecule has 0 atom stereocenters. The van der Waals surface area contributed by atoms with Gasteiger partial charge in [-0.1, -0.05) is 41.4 Å². The summed E-state index contributed by atoms with van der Waals surface area (Å²) in [6, 6.07) is 12.7. The molecule has 4 heteroatoms. The predicted molar refractivity (Wildman–Crippen MR) is 86.2 cm³/mol. The van der Waals surface area contributed by atoms with Crippen LogP contribution in [0.2, 0.25) is 10.0 Å². The predicted octanol–water partition coefficient (Wildman–Crippen LogP) is 4.43. The summed E-state index contributed by atoms with van der Waals surface area (Å²) < 4.78 is 0. The van der Waals surface area contributed by atoms with Crippen LogP contribution in [0.15, 0.2) is 42.5 Å². The summed E-state index contributed by atoms with van der Waals surface area (Å²) in [6.45, 7) is 3.18. The quantitative estimate of drug-likeness (QED) is 0.777. The summed E-state index contributed by atoms with van der Waals surface area (Å²) in [6.07, 6.45) is 1.26. The minimum absolute atomic E-state index is 0.0675. The molecular weight excluding hydrogens is 305 g/mol. The van der Waals surface area contributed by atoms with Gasteiger partial charge < -0.3 is 0 Å². The molecule has 0 unspecified atom stereocenters. The summed E-state index contributed by atoms with van der Waals surface area (Å²) in [5.41, 5.74) is 2.31. The molecular formula is C17H15Cl2NO. The minimum Gasteiger partial charge on any atom is -0.299 e. The highest BCUT2D eigenvalue weighted by Crippen LogP contribution is 2.24. The third kappa shape index (κ3) is 3.29. The Morgan fingerprint density at radius 3 is 2.57 bits per heavy atom. The van der Waals surface area contributed by atoms with Gasteiger partial charge in [-0.25, -0.2) is 0 Å². The molecule has 2 aromatic carbocycles. The van der Waals surface area contributed by atoms with Gasteiger partial charge in [0.05, 0.1) is 5.02 Å². The summed E-state index contributed by atoms with van der Waals surface area (Å²) in [4.78, 5) is 14.9. The van der Waals surface area contributed by atoms with Crippen LogP contribution in [0.25, 0.3) is 0 Å². The first-order valence-electron chi connectivity index (χ1n) is 6.94. The highest BCUT2D eigenvalue weighted by Gasteiger charge is 2.16. The zero-order valence-corrected chi connectivity index (χ0v) is 13.0. The molecule has 3 rings (SSSR count). The van der Waals surface area contributed by atoms with Crippen LogP contribution in [0.3, 0.4) is 0 Å². The summed E-state index contributed by atoms with van der Waals surface area (Å²) >= 11 is 12.0. The second-order valence-corrected chi connectivity index (χ2v) is 6.13. The van der Waals surface area contributed by atoms with Crippen molar-refractivity contribution in [2.75, 3.05) is 13.1 Å². The summed E-state index contributed by atoms with van der Waals surface area (Å²) in [7, 11) is 0. The van der Waals surface area contributed by atoms with Crippen molar-refractivity contribution < 1.29 is 4.79 Å². The van der Waals surface area contributed by atoms with Crippen molar-refractivity contribution in [3.63, 3.8) is 0 Å². The Balaban J connectivity index is 1.85. The highest BCUT2D eigenvalue weighted by atomic mass is 35.5. The Labute approximate surface area is 134 Å². The number of hydrogen-bond donors (Lipinski definition) is 0. The highest BCUT2D eigenvalue weighted by molar-refractivity contribution is 6.37. The van der Waals surface area contributed by atoms with Crippen LogP contribution in [0.4, 0.5) is 0 Å². The number of rotatable bonds is 4. The molecule has 2 aromatic rings. The van der Waals surface area contributed by atoms with Gasteiger partial charge in [-0.15, -0.1) is 0 Å². The Hall–Kier alpha value is -1.35. The Morgan fingerprint density at radius 2 is 1.90 bits per heavy atom. The minimum atomic E-state index is -0.0675. The van der Waals surface area contributed by atoms with E-state index in [1.165, 1.54) is 6.42 Å². The van der Waals surface area contributed by atoms with Crippen LogP contribution >= 0.6 is 23.2 Å². The number of carbonyl (C=O) groups excluding carboxylic acids is 1. The number of benzene rings is 2. The van der Waals surface area contributed by atoms with E-state index in [9.17, 15) is 4.79 Å². The summed E-state index contributed by atoms with van der Waals surface area (Å²) in [5.74, 6) is -0.0675. The first kappa shape index (κ1) is 14.6. The van der Waals surface area contributed by atoms with Gasteiger partial charge in [0.25, 0.3) is 0 Å². The van der Waals surface area contributed by atoms with Crippen molar-refractivity contribution in [1.82, 2.24) is 4.90 Å². The molecule has 1 heterocycles. The lowest BCUT2D eigenvalue weighted by Crippen LogP contribution is -2.36. The van der Waals surface area contributed by atoms with Crippen molar-refractivity contribution in [3.8, 4) is 0 Å². The van der Waals surface area contributed by atoms with Crippen molar-refractivity contribution in [1.29, 1.82) is 0 Å². The van der Waals surface area contributed by atoms with Gasteiger partial charge in [0.2, 0.25) is 0 Å². The smallest absolute Gasteiger partial charge is 0.194 e. The van der Waals surface area contributed by atoms with E-state index in [0.717, 1.165) is 25.2 Å². The third-order valence-corrected chi connectivity index (χ3v) is 4.27. The Kier molecular flexibility index (Phi) is 4.29. The average Bonchev–Trinajstić information content (AvgIpc) is 2.43. The molecule has 108 valence electrons. The van der Waals surface area contributed by atoms with Gasteiger partial charge in [-0.2, -0.15) is 0 Å². The van der Waals surface area contributed by atoms with E-state index in [0.29, 0.717) is 21.2 Å². The van der Waals surface area contributed by atoms with Gasteiger partial charge in [0.1, 0.15) is 0 Å². The molecule has 0 radical (unpaired) electrons. The number of likely N-dealkylation sites (tertiary alicyclic amines) is 1. The van der Waals surface area contributed by atoms with Gasteiger partial charge >= 0.3 is 0 Å². The Bertz CT molecular complexity index is 680. The molecule has 0 aliphatic carbocycles. The molecule has 21 heavy (non-hydrogen) atoms. The topological polar surface area (TPSA) is 20.3 Å². The lowest BCUT2D eigenvalue weighted by atomic mass is 10.0. The molecule has 0 aromatic heterocycles. The standard InChI is InChI=1S/C17H15Cl2NO/c18-14-5-6-15(16(19)10-14)17(21)13-4-1-3-12(9-13)11-20-7-2-8-20/h1,3-6,9-10H,2,7-8,11H2. The molecule has 0 spiro atoms. The van der Waals surface area contributed by atoms with E-state index in [1.807, 2.05) is 18.2 Å². The summed E-state index contributed by atoms with van der Waals surface area (Å²) in [5, 5.41) is 0.920. The van der Waals surface area contributed by atoms with Crippen molar-refractivity contribution >= 4 is 29.0 Å². The SMILES string of the molecule is O=C(c1cccc(CN2CCC2)c1)c1ccc(Cl)cc1Cl. The first-order chi connectivity index (χ1) is 10.1. The molecule has 0 N–H and O–H groups in total. The fraction of sp³-hybridized carbons (Fsp3) is 0.235. The molecule has 1 fully saturated rings. The zero-order chi connectivity index (χ0) is 14.8. The van der Waals surface area contributed by atoms with Crippen molar-refractivity contribution in [3.05, 3.63) is 69.2 Å². The molecule has 1 aliphatic rings. The normalized spacial score (nSPS) is 14.8. The fourth-order valence-electron chi connectivity index (χ4n) is 2.44. The molecule has 1 aliphatic heterocycles. The van der Waals surface area contributed by atoms with E-state index >= 15 is 0 Å². The lowest BCUT2D eigenvalue weighted by Gasteiger charge is -2.30. The van der Waals surface area contributed by atoms with E-state index < -0.39 is 0 Å². The van der Waals surface area contributed by atoms with Crippen molar-refractivity contribution in [2.45, 2.75) is 13.0 Å². The monoisotopic (exact) mass is 319 g/mol. The van der Waals surface area contributed by atoms with Crippen LogP contribution in [-0.4, -0.2) is 23.8 Å². The maximum Gasteiger partial charge on any atom is 0.194 e. The molecule has 0 amide bonds. The maximum atomic E-state index is 12.6. The maximum absolute atomic E-state index is 12.6. The first-order valence-corrected chi connectivity index (χ1v) is 7.70. The Morgan fingerprint density at radius 1 is 1.10 bits per heavy atom. The molecule has 0 bridgehead atoms. The lowest BCUT2D eigenvalue weighted by molar-refractivity contribution is 0.103. The van der Waals surface area contributed by atoms with Gasteiger partial charge in [-0.05, 0) is 49.3 Å². The van der Waals surface area contributed by atoms with E-state index in [-0.39, 0.29) is 5.78 Å². The van der Waals surface area contributed by atoms with Crippen LogP contribution in [0.5, 0.6) is 0 Å². The van der Waals surface area contributed by atoms with Gasteiger partial charge in [0, 0.05) is 22.7 Å². The van der Waals surface area contributed by atoms with Crippen molar-refractivity contribution in [2.24, 2.45) is 0 Å². The van der Waals surface area contributed by atoms with E-state index in [4.69, 9.17) is 23.2 Å². The number of ketones is 1. The number of carbonyl (C=O) groups is 1. The van der Waals surface area contributed by atoms with Crippen LogP contribution in [0.1, 0.15) is 27.9 Å². The number of nitrogens with zero attached hydrogens (tertiary/aromatic N) is 1. The second-order valence-electron chi connectivity index (χ2n) is 5.28. The van der Waals surface area contributed by atoms with Crippen LogP contribution in [0, 0.1) is 0 Å². The molecule has 0 saturated carbocycles.